The number of nitrogens with zero attached hydrogens (tertiary/aromatic N) is 1. The quantitative estimate of drug-likeness (QED) is 0.641. The van der Waals surface area contributed by atoms with Crippen LogP contribution in [0.15, 0.2) is 42.5 Å². The third-order valence-electron chi connectivity index (χ3n) is 3.64. The van der Waals surface area contributed by atoms with Gasteiger partial charge in [0.25, 0.3) is 5.69 Å². The Bertz CT molecular complexity index is 684. The van der Waals surface area contributed by atoms with Gasteiger partial charge in [0.15, 0.2) is 0 Å². The minimum atomic E-state index is -0.403. The molecule has 1 saturated carbocycles. The van der Waals surface area contributed by atoms with Gasteiger partial charge in [-0.05, 0) is 42.0 Å². The summed E-state index contributed by atoms with van der Waals surface area (Å²) in [6.07, 6.45) is 2.52. The summed E-state index contributed by atoms with van der Waals surface area (Å²) in [4.78, 5) is 10.6. The van der Waals surface area contributed by atoms with E-state index in [1.807, 2.05) is 12.1 Å². The zero-order valence-corrected chi connectivity index (χ0v) is 12.1. The van der Waals surface area contributed by atoms with Crippen LogP contribution >= 0.6 is 11.6 Å². The molecule has 0 aromatic heterocycles. The molecule has 1 fully saturated rings. The number of rotatable bonds is 5. The van der Waals surface area contributed by atoms with Gasteiger partial charge < -0.3 is 5.32 Å². The maximum absolute atomic E-state index is 11.0. The first-order valence-electron chi connectivity index (χ1n) is 6.90. The van der Waals surface area contributed by atoms with Crippen molar-refractivity contribution >= 4 is 23.0 Å². The van der Waals surface area contributed by atoms with Crippen LogP contribution in [0.3, 0.4) is 0 Å². The van der Waals surface area contributed by atoms with Crippen LogP contribution in [0.2, 0.25) is 5.02 Å². The van der Waals surface area contributed by atoms with E-state index in [0.29, 0.717) is 23.2 Å². The highest BCUT2D eigenvalue weighted by molar-refractivity contribution is 6.31. The van der Waals surface area contributed by atoms with Crippen LogP contribution in [0.5, 0.6) is 0 Å². The van der Waals surface area contributed by atoms with Crippen molar-refractivity contribution in [2.75, 3.05) is 5.32 Å². The molecule has 1 N–H and O–H groups in total. The molecule has 0 bridgehead atoms. The largest absolute Gasteiger partial charge is 0.375 e. The molecule has 2 aromatic carbocycles. The number of anilines is 1. The average molecular weight is 303 g/mol. The van der Waals surface area contributed by atoms with Gasteiger partial charge in [0.05, 0.1) is 4.92 Å². The molecule has 108 valence electrons. The molecule has 0 heterocycles. The lowest BCUT2D eigenvalue weighted by Gasteiger charge is -2.09. The first-order chi connectivity index (χ1) is 10.1. The third-order valence-corrected chi connectivity index (χ3v) is 3.87. The van der Waals surface area contributed by atoms with Crippen molar-refractivity contribution in [3.8, 4) is 0 Å². The van der Waals surface area contributed by atoms with E-state index in [0.717, 1.165) is 5.56 Å². The van der Waals surface area contributed by atoms with Crippen molar-refractivity contribution < 1.29 is 4.92 Å². The minimum absolute atomic E-state index is 0.0396. The van der Waals surface area contributed by atoms with Crippen LogP contribution in [0.4, 0.5) is 11.4 Å². The molecule has 1 aliphatic carbocycles. The number of nitro groups is 1. The Morgan fingerprint density at radius 1 is 1.24 bits per heavy atom. The normalized spacial score (nSPS) is 14.0. The topological polar surface area (TPSA) is 55.2 Å². The van der Waals surface area contributed by atoms with Gasteiger partial charge in [0.1, 0.15) is 5.69 Å². The SMILES string of the molecule is O=[N+]([O-])c1ccc(Cl)cc1NCc1cccc(C2CC2)c1. The summed E-state index contributed by atoms with van der Waals surface area (Å²) in [5.74, 6) is 0.699. The number of nitrogens with one attached hydrogen (secondary N) is 1. The molecule has 21 heavy (non-hydrogen) atoms. The third kappa shape index (κ3) is 3.34. The van der Waals surface area contributed by atoms with Gasteiger partial charge in [-0.3, -0.25) is 10.1 Å². The van der Waals surface area contributed by atoms with Crippen molar-refractivity contribution in [3.05, 3.63) is 68.7 Å². The number of halogens is 1. The standard InChI is InChI=1S/C16H15ClN2O2/c17-14-6-7-16(19(20)21)15(9-14)18-10-11-2-1-3-13(8-11)12-4-5-12/h1-3,6-9,12,18H,4-5,10H2. The second-order valence-electron chi connectivity index (χ2n) is 5.29. The fourth-order valence-corrected chi connectivity index (χ4v) is 2.55. The maximum Gasteiger partial charge on any atom is 0.292 e. The molecule has 0 spiro atoms. The number of nitro benzene ring substituents is 1. The molecular weight excluding hydrogens is 288 g/mol. The van der Waals surface area contributed by atoms with E-state index in [1.54, 1.807) is 6.07 Å². The highest BCUT2D eigenvalue weighted by Crippen LogP contribution is 2.40. The summed E-state index contributed by atoms with van der Waals surface area (Å²) in [7, 11) is 0. The Morgan fingerprint density at radius 2 is 2.05 bits per heavy atom. The fraction of sp³-hybridized carbons (Fsp3) is 0.250. The maximum atomic E-state index is 11.0. The molecule has 5 heteroatoms. The highest BCUT2D eigenvalue weighted by Gasteiger charge is 2.23. The van der Waals surface area contributed by atoms with Gasteiger partial charge in [0.2, 0.25) is 0 Å². The minimum Gasteiger partial charge on any atom is -0.375 e. The summed E-state index contributed by atoms with van der Waals surface area (Å²) in [5, 5.41) is 14.6. The Hall–Kier alpha value is -2.07. The predicted octanol–water partition coefficient (Wildman–Crippen LogP) is 4.74. The number of hydrogen-bond acceptors (Lipinski definition) is 3. The summed E-state index contributed by atoms with van der Waals surface area (Å²) in [5.41, 5.74) is 2.96. The molecule has 2 aromatic rings. The van der Waals surface area contributed by atoms with E-state index in [2.05, 4.69) is 17.4 Å². The van der Waals surface area contributed by atoms with Crippen LogP contribution in [0.1, 0.15) is 29.9 Å². The molecule has 3 rings (SSSR count). The van der Waals surface area contributed by atoms with Gasteiger partial charge in [-0.25, -0.2) is 0 Å². The Morgan fingerprint density at radius 3 is 2.76 bits per heavy atom. The van der Waals surface area contributed by atoms with Crippen molar-refractivity contribution in [3.63, 3.8) is 0 Å². The smallest absolute Gasteiger partial charge is 0.292 e. The van der Waals surface area contributed by atoms with E-state index in [-0.39, 0.29) is 5.69 Å². The fourth-order valence-electron chi connectivity index (χ4n) is 2.38. The second-order valence-corrected chi connectivity index (χ2v) is 5.73. The Balaban J connectivity index is 1.76. The van der Waals surface area contributed by atoms with E-state index >= 15 is 0 Å². The van der Waals surface area contributed by atoms with E-state index in [4.69, 9.17) is 11.6 Å². The van der Waals surface area contributed by atoms with Crippen LogP contribution in [-0.4, -0.2) is 4.92 Å². The lowest BCUT2D eigenvalue weighted by Crippen LogP contribution is -2.03. The Kier molecular flexibility index (Phi) is 3.80. The second kappa shape index (κ2) is 5.74. The molecule has 0 atom stereocenters. The first-order valence-corrected chi connectivity index (χ1v) is 7.28. The van der Waals surface area contributed by atoms with Crippen molar-refractivity contribution in [2.24, 2.45) is 0 Å². The zero-order valence-electron chi connectivity index (χ0n) is 11.4. The molecule has 0 radical (unpaired) electrons. The molecule has 4 nitrogen and oxygen atoms in total. The van der Waals surface area contributed by atoms with Crippen LogP contribution in [-0.2, 0) is 6.54 Å². The number of benzene rings is 2. The van der Waals surface area contributed by atoms with Crippen molar-refractivity contribution in [1.29, 1.82) is 0 Å². The average Bonchev–Trinajstić information content (AvgIpc) is 3.30. The summed E-state index contributed by atoms with van der Waals surface area (Å²) < 4.78 is 0. The van der Waals surface area contributed by atoms with Crippen molar-refractivity contribution in [1.82, 2.24) is 0 Å². The van der Waals surface area contributed by atoms with Crippen LogP contribution < -0.4 is 5.32 Å². The summed E-state index contributed by atoms with van der Waals surface area (Å²) in [6.45, 7) is 0.543. The monoisotopic (exact) mass is 302 g/mol. The van der Waals surface area contributed by atoms with Gasteiger partial charge in [-0.2, -0.15) is 0 Å². The van der Waals surface area contributed by atoms with E-state index < -0.39 is 4.92 Å². The summed E-state index contributed by atoms with van der Waals surface area (Å²) >= 11 is 5.92. The molecule has 0 unspecified atom stereocenters. The van der Waals surface area contributed by atoms with E-state index in [9.17, 15) is 10.1 Å². The first kappa shape index (κ1) is 13.9. The molecule has 1 aliphatic rings. The van der Waals surface area contributed by atoms with Gasteiger partial charge in [-0.1, -0.05) is 35.9 Å². The van der Waals surface area contributed by atoms with Gasteiger partial charge in [-0.15, -0.1) is 0 Å². The molecule has 0 aliphatic heterocycles. The lowest BCUT2D eigenvalue weighted by molar-refractivity contribution is -0.384. The van der Waals surface area contributed by atoms with Crippen molar-refractivity contribution in [2.45, 2.75) is 25.3 Å². The molecule has 0 saturated heterocycles. The van der Waals surface area contributed by atoms with Gasteiger partial charge in [0, 0.05) is 17.6 Å². The van der Waals surface area contributed by atoms with E-state index in [1.165, 1.54) is 30.5 Å². The highest BCUT2D eigenvalue weighted by atomic mass is 35.5. The Labute approximate surface area is 127 Å². The zero-order chi connectivity index (χ0) is 14.8. The number of hydrogen-bond donors (Lipinski definition) is 1. The lowest BCUT2D eigenvalue weighted by atomic mass is 10.1. The summed E-state index contributed by atoms with van der Waals surface area (Å²) in [6, 6.07) is 12.9. The van der Waals surface area contributed by atoms with Crippen LogP contribution in [0.25, 0.3) is 0 Å². The molecule has 0 amide bonds. The molecular formula is C16H15ClN2O2. The van der Waals surface area contributed by atoms with Gasteiger partial charge >= 0.3 is 0 Å². The predicted molar refractivity (Wildman–Crippen MR) is 83.9 cm³/mol. The van der Waals surface area contributed by atoms with Crippen LogP contribution in [0, 0.1) is 10.1 Å².